The Kier molecular flexibility index (Phi) is 5.83. The monoisotopic (exact) mass is 263 g/mol. The number of amides is 1. The van der Waals surface area contributed by atoms with E-state index in [2.05, 4.69) is 29.4 Å². The number of nitrogens with one attached hydrogen (secondary N) is 2. The van der Waals surface area contributed by atoms with Crippen LogP contribution in [-0.4, -0.2) is 44.5 Å². The Morgan fingerprint density at radius 1 is 1.26 bits per heavy atom. The summed E-state index contributed by atoms with van der Waals surface area (Å²) in [6.07, 6.45) is 0. The van der Waals surface area contributed by atoms with Crippen molar-refractivity contribution in [3.63, 3.8) is 0 Å². The van der Waals surface area contributed by atoms with Crippen LogP contribution in [0.3, 0.4) is 0 Å². The summed E-state index contributed by atoms with van der Waals surface area (Å²) < 4.78 is 0. The van der Waals surface area contributed by atoms with Crippen LogP contribution in [0.15, 0.2) is 24.3 Å². The minimum Gasteiger partial charge on any atom is -0.387 e. The molecule has 0 fully saturated rings. The molecule has 0 spiro atoms. The number of likely N-dealkylation sites (N-methyl/N-ethyl adjacent to an activating group) is 1. The molecule has 1 rings (SSSR count). The first-order valence-electron chi connectivity index (χ1n) is 6.68. The van der Waals surface area contributed by atoms with E-state index in [1.54, 1.807) is 0 Å². The SMILES string of the molecule is CNc1ccccc1C(=O)NC(CN(C)C)C(C)C. The van der Waals surface area contributed by atoms with Gasteiger partial charge in [0.25, 0.3) is 5.91 Å². The van der Waals surface area contributed by atoms with Gasteiger partial charge in [-0.2, -0.15) is 0 Å². The van der Waals surface area contributed by atoms with Gasteiger partial charge in [0.1, 0.15) is 0 Å². The van der Waals surface area contributed by atoms with E-state index >= 15 is 0 Å². The fraction of sp³-hybridized carbons (Fsp3) is 0.533. The van der Waals surface area contributed by atoms with E-state index in [0.717, 1.165) is 12.2 Å². The van der Waals surface area contributed by atoms with E-state index in [9.17, 15) is 4.79 Å². The molecule has 0 saturated heterocycles. The molecule has 2 N–H and O–H groups in total. The molecule has 106 valence electrons. The van der Waals surface area contributed by atoms with Crippen molar-refractivity contribution in [2.24, 2.45) is 5.92 Å². The minimum atomic E-state index is -0.0227. The first-order chi connectivity index (χ1) is 8.95. The second-order valence-electron chi connectivity index (χ2n) is 5.38. The van der Waals surface area contributed by atoms with Crippen molar-refractivity contribution < 1.29 is 4.79 Å². The molecule has 19 heavy (non-hydrogen) atoms. The lowest BCUT2D eigenvalue weighted by atomic mass is 10.0. The molecule has 0 aliphatic carbocycles. The van der Waals surface area contributed by atoms with E-state index in [0.29, 0.717) is 11.5 Å². The van der Waals surface area contributed by atoms with Gasteiger partial charge in [-0.25, -0.2) is 0 Å². The van der Waals surface area contributed by atoms with Crippen LogP contribution in [0.1, 0.15) is 24.2 Å². The summed E-state index contributed by atoms with van der Waals surface area (Å²) in [6, 6.07) is 7.70. The lowest BCUT2D eigenvalue weighted by Gasteiger charge is -2.26. The van der Waals surface area contributed by atoms with Gasteiger partial charge in [-0.1, -0.05) is 26.0 Å². The summed E-state index contributed by atoms with van der Waals surface area (Å²) in [5, 5.41) is 6.17. The Hall–Kier alpha value is -1.55. The fourth-order valence-electron chi connectivity index (χ4n) is 1.96. The zero-order valence-electron chi connectivity index (χ0n) is 12.5. The van der Waals surface area contributed by atoms with Gasteiger partial charge < -0.3 is 15.5 Å². The Morgan fingerprint density at radius 3 is 2.42 bits per heavy atom. The van der Waals surface area contributed by atoms with Gasteiger partial charge in [0.2, 0.25) is 0 Å². The normalized spacial score (nSPS) is 12.6. The van der Waals surface area contributed by atoms with Crippen LogP contribution < -0.4 is 10.6 Å². The highest BCUT2D eigenvalue weighted by atomic mass is 16.1. The third kappa shape index (κ3) is 4.56. The van der Waals surface area contributed by atoms with Crippen molar-refractivity contribution in [3.8, 4) is 0 Å². The molecule has 1 aromatic rings. The fourth-order valence-corrected chi connectivity index (χ4v) is 1.96. The number of anilines is 1. The van der Waals surface area contributed by atoms with Crippen molar-refractivity contribution in [2.75, 3.05) is 33.0 Å². The van der Waals surface area contributed by atoms with Gasteiger partial charge in [0.15, 0.2) is 0 Å². The quantitative estimate of drug-likeness (QED) is 0.825. The Balaban J connectivity index is 2.81. The molecule has 0 radical (unpaired) electrons. The van der Waals surface area contributed by atoms with Crippen LogP contribution in [-0.2, 0) is 0 Å². The molecule has 4 heteroatoms. The van der Waals surface area contributed by atoms with Crippen molar-refractivity contribution in [3.05, 3.63) is 29.8 Å². The lowest BCUT2D eigenvalue weighted by Crippen LogP contribution is -2.45. The molecule has 0 saturated carbocycles. The summed E-state index contributed by atoms with van der Waals surface area (Å²) in [5.74, 6) is 0.374. The predicted molar refractivity (Wildman–Crippen MR) is 80.6 cm³/mol. The molecule has 0 bridgehead atoms. The highest BCUT2D eigenvalue weighted by molar-refractivity contribution is 5.99. The second kappa shape index (κ2) is 7.14. The largest absolute Gasteiger partial charge is 0.387 e. The zero-order chi connectivity index (χ0) is 14.4. The van der Waals surface area contributed by atoms with Crippen LogP contribution in [0.2, 0.25) is 0 Å². The van der Waals surface area contributed by atoms with Crippen LogP contribution in [0.4, 0.5) is 5.69 Å². The number of carbonyl (C=O) groups excluding carboxylic acids is 1. The third-order valence-electron chi connectivity index (χ3n) is 3.12. The Morgan fingerprint density at radius 2 is 1.89 bits per heavy atom. The Bertz CT molecular complexity index is 416. The maximum atomic E-state index is 12.4. The third-order valence-corrected chi connectivity index (χ3v) is 3.12. The molecule has 4 nitrogen and oxygen atoms in total. The maximum absolute atomic E-state index is 12.4. The number of hydrogen-bond donors (Lipinski definition) is 2. The van der Waals surface area contributed by atoms with E-state index < -0.39 is 0 Å². The van der Waals surface area contributed by atoms with E-state index in [4.69, 9.17) is 0 Å². The summed E-state index contributed by atoms with van der Waals surface area (Å²) in [4.78, 5) is 14.4. The van der Waals surface area contributed by atoms with Crippen molar-refractivity contribution >= 4 is 11.6 Å². The number of hydrogen-bond acceptors (Lipinski definition) is 3. The zero-order valence-corrected chi connectivity index (χ0v) is 12.5. The van der Waals surface area contributed by atoms with Crippen LogP contribution in [0, 0.1) is 5.92 Å². The van der Waals surface area contributed by atoms with Gasteiger partial charge in [-0.15, -0.1) is 0 Å². The first-order valence-corrected chi connectivity index (χ1v) is 6.68. The molecular weight excluding hydrogens is 238 g/mol. The molecule has 1 unspecified atom stereocenters. The molecule has 1 amide bonds. The van der Waals surface area contributed by atoms with Crippen molar-refractivity contribution in [2.45, 2.75) is 19.9 Å². The number of carbonyl (C=O) groups is 1. The molecule has 0 aliphatic rings. The predicted octanol–water partition coefficient (Wildman–Crippen LogP) is 2.04. The van der Waals surface area contributed by atoms with Crippen LogP contribution >= 0.6 is 0 Å². The molecule has 0 aliphatic heterocycles. The number of para-hydroxylation sites is 1. The minimum absolute atomic E-state index is 0.0227. The molecule has 1 atom stereocenters. The van der Waals surface area contributed by atoms with Crippen molar-refractivity contribution in [1.29, 1.82) is 0 Å². The van der Waals surface area contributed by atoms with Gasteiger partial charge >= 0.3 is 0 Å². The second-order valence-corrected chi connectivity index (χ2v) is 5.38. The highest BCUT2D eigenvalue weighted by Crippen LogP contribution is 2.15. The van der Waals surface area contributed by atoms with E-state index in [1.165, 1.54) is 0 Å². The lowest BCUT2D eigenvalue weighted by molar-refractivity contribution is 0.0917. The molecule has 1 aromatic carbocycles. The average Bonchev–Trinajstić information content (AvgIpc) is 2.37. The van der Waals surface area contributed by atoms with E-state index in [-0.39, 0.29) is 11.9 Å². The smallest absolute Gasteiger partial charge is 0.253 e. The highest BCUT2D eigenvalue weighted by Gasteiger charge is 2.19. The standard InChI is InChI=1S/C15H25N3O/c1-11(2)14(10-18(4)5)17-15(19)12-8-6-7-9-13(12)16-3/h6-9,11,14,16H,10H2,1-5H3,(H,17,19). The van der Waals surface area contributed by atoms with Gasteiger partial charge in [-0.3, -0.25) is 4.79 Å². The topological polar surface area (TPSA) is 44.4 Å². The number of rotatable bonds is 6. The molecule has 0 heterocycles. The number of nitrogens with zero attached hydrogens (tertiary/aromatic N) is 1. The number of benzene rings is 1. The first kappa shape index (κ1) is 15.5. The van der Waals surface area contributed by atoms with Crippen LogP contribution in [0.5, 0.6) is 0 Å². The summed E-state index contributed by atoms with van der Waals surface area (Å²) in [7, 11) is 5.86. The molecular formula is C15H25N3O. The van der Waals surface area contributed by atoms with Gasteiger partial charge in [0.05, 0.1) is 5.56 Å². The van der Waals surface area contributed by atoms with E-state index in [1.807, 2.05) is 45.4 Å². The summed E-state index contributed by atoms with van der Waals surface area (Å²) >= 11 is 0. The summed E-state index contributed by atoms with van der Waals surface area (Å²) in [5.41, 5.74) is 1.54. The summed E-state index contributed by atoms with van der Waals surface area (Å²) in [6.45, 7) is 5.09. The van der Waals surface area contributed by atoms with Crippen molar-refractivity contribution in [1.82, 2.24) is 10.2 Å². The average molecular weight is 263 g/mol. The van der Waals surface area contributed by atoms with Gasteiger partial charge in [-0.05, 0) is 32.1 Å². The van der Waals surface area contributed by atoms with Crippen LogP contribution in [0.25, 0.3) is 0 Å². The molecule has 0 aromatic heterocycles. The Labute approximate surface area is 116 Å². The maximum Gasteiger partial charge on any atom is 0.253 e. The van der Waals surface area contributed by atoms with Gasteiger partial charge in [0, 0.05) is 25.3 Å².